The predicted molar refractivity (Wildman–Crippen MR) is 103 cm³/mol. The van der Waals surface area contributed by atoms with Crippen molar-refractivity contribution in [1.82, 2.24) is 15.6 Å². The summed E-state index contributed by atoms with van der Waals surface area (Å²) >= 11 is 0. The number of halogens is 1. The summed E-state index contributed by atoms with van der Waals surface area (Å²) in [6.07, 6.45) is 4.99. The van der Waals surface area contributed by atoms with Crippen LogP contribution in [0.15, 0.2) is 42.5 Å². The lowest BCUT2D eigenvalue weighted by atomic mass is 9.78. The summed E-state index contributed by atoms with van der Waals surface area (Å²) in [5, 5.41) is 6.34. The van der Waals surface area contributed by atoms with Crippen LogP contribution in [0.2, 0.25) is 0 Å². The molecule has 2 fully saturated rings. The number of aryl methyl sites for hydroxylation is 1. The van der Waals surface area contributed by atoms with Crippen molar-refractivity contribution in [2.75, 3.05) is 0 Å². The minimum Gasteiger partial charge on any atom is -0.347 e. The first-order valence-corrected chi connectivity index (χ1v) is 9.73. The van der Waals surface area contributed by atoms with Crippen molar-refractivity contribution in [3.05, 3.63) is 65.2 Å². The normalized spacial score (nSPS) is 25.9. The Bertz CT molecular complexity index is 858. The third-order valence-corrected chi connectivity index (χ3v) is 6.03. The van der Waals surface area contributed by atoms with Crippen LogP contribution in [-0.2, 0) is 0 Å². The van der Waals surface area contributed by atoms with Crippen molar-refractivity contribution in [1.29, 1.82) is 0 Å². The minimum atomic E-state index is -0.424. The second kappa shape index (κ2) is 7.00. The fourth-order valence-electron chi connectivity index (χ4n) is 4.75. The van der Waals surface area contributed by atoms with Crippen LogP contribution in [0.1, 0.15) is 65.1 Å². The van der Waals surface area contributed by atoms with E-state index >= 15 is 0 Å². The SMILES string of the molecule is Cc1cccc(C(=O)NC23CCCC(NC(=O)c4cccc(F)c4)(CC2)C3)n1. The Balaban J connectivity index is 1.48. The number of nitrogens with zero attached hydrogens (tertiary/aromatic N) is 1. The van der Waals surface area contributed by atoms with Crippen LogP contribution < -0.4 is 10.6 Å². The molecule has 1 aromatic carbocycles. The van der Waals surface area contributed by atoms with Gasteiger partial charge in [0.05, 0.1) is 0 Å². The van der Waals surface area contributed by atoms with Gasteiger partial charge in [0.1, 0.15) is 11.5 Å². The van der Waals surface area contributed by atoms with E-state index in [9.17, 15) is 14.0 Å². The lowest BCUT2D eigenvalue weighted by molar-refractivity contribution is 0.0829. The molecule has 6 heteroatoms. The first-order chi connectivity index (χ1) is 13.4. The maximum Gasteiger partial charge on any atom is 0.270 e. The average Bonchev–Trinajstić information content (AvgIpc) is 2.91. The lowest BCUT2D eigenvalue weighted by Gasteiger charge is -2.40. The molecule has 1 aromatic heterocycles. The van der Waals surface area contributed by atoms with Crippen LogP contribution in [0, 0.1) is 12.7 Å². The Morgan fingerprint density at radius 2 is 1.64 bits per heavy atom. The summed E-state index contributed by atoms with van der Waals surface area (Å²) in [7, 11) is 0. The first-order valence-electron chi connectivity index (χ1n) is 9.73. The van der Waals surface area contributed by atoms with Gasteiger partial charge in [-0.15, -0.1) is 0 Å². The van der Waals surface area contributed by atoms with Gasteiger partial charge in [-0.2, -0.15) is 0 Å². The standard InChI is InChI=1S/C22H24FN3O2/c1-15-5-2-8-18(24-15)20(28)26-22-10-4-9-21(14-22,11-12-22)25-19(27)16-6-3-7-17(23)13-16/h2-3,5-8,13H,4,9-12,14H2,1H3,(H,25,27)(H,26,28). The molecule has 2 atom stereocenters. The van der Waals surface area contributed by atoms with E-state index in [1.165, 1.54) is 18.2 Å². The van der Waals surface area contributed by atoms with E-state index in [0.717, 1.165) is 37.8 Å². The van der Waals surface area contributed by atoms with Crippen LogP contribution in [-0.4, -0.2) is 27.9 Å². The smallest absolute Gasteiger partial charge is 0.270 e. The third-order valence-electron chi connectivity index (χ3n) is 6.03. The number of pyridine rings is 1. The average molecular weight is 381 g/mol. The predicted octanol–water partition coefficient (Wildman–Crippen LogP) is 3.53. The summed E-state index contributed by atoms with van der Waals surface area (Å²) in [6.45, 7) is 1.86. The molecular formula is C22H24FN3O2. The molecule has 1 heterocycles. The van der Waals surface area contributed by atoms with Gasteiger partial charge in [0.25, 0.3) is 11.8 Å². The number of fused-ring (bicyclic) bond motifs is 2. The monoisotopic (exact) mass is 381 g/mol. The summed E-state index contributed by atoms with van der Waals surface area (Å²) in [5.74, 6) is -0.853. The van der Waals surface area contributed by atoms with Gasteiger partial charge in [0.15, 0.2) is 0 Å². The van der Waals surface area contributed by atoms with E-state index in [-0.39, 0.29) is 22.9 Å². The molecule has 146 valence electrons. The van der Waals surface area contributed by atoms with E-state index in [2.05, 4.69) is 15.6 Å². The van der Waals surface area contributed by atoms with Crippen molar-refractivity contribution in [3.8, 4) is 0 Å². The molecule has 28 heavy (non-hydrogen) atoms. The number of amides is 2. The molecular weight excluding hydrogens is 357 g/mol. The first kappa shape index (κ1) is 18.6. The highest BCUT2D eigenvalue weighted by molar-refractivity contribution is 5.95. The molecule has 0 saturated heterocycles. The van der Waals surface area contributed by atoms with Gasteiger partial charge in [-0.3, -0.25) is 9.59 Å². The maximum absolute atomic E-state index is 13.5. The molecule has 2 amide bonds. The zero-order chi connectivity index (χ0) is 19.8. The maximum atomic E-state index is 13.5. The molecule has 4 rings (SSSR count). The highest BCUT2D eigenvalue weighted by Crippen LogP contribution is 2.48. The number of nitrogens with one attached hydrogen (secondary N) is 2. The molecule has 2 aromatic rings. The van der Waals surface area contributed by atoms with Crippen molar-refractivity contribution < 1.29 is 14.0 Å². The van der Waals surface area contributed by atoms with Crippen molar-refractivity contribution in [2.24, 2.45) is 0 Å². The van der Waals surface area contributed by atoms with Gasteiger partial charge >= 0.3 is 0 Å². The van der Waals surface area contributed by atoms with Crippen LogP contribution >= 0.6 is 0 Å². The Labute approximate surface area is 163 Å². The molecule has 0 radical (unpaired) electrons. The van der Waals surface area contributed by atoms with Gasteiger partial charge in [0.2, 0.25) is 0 Å². The second-order valence-corrected chi connectivity index (χ2v) is 8.17. The van der Waals surface area contributed by atoms with Crippen molar-refractivity contribution >= 4 is 11.8 Å². The molecule has 2 aliphatic carbocycles. The lowest BCUT2D eigenvalue weighted by Crippen LogP contribution is -2.55. The second-order valence-electron chi connectivity index (χ2n) is 8.17. The molecule has 0 spiro atoms. The van der Waals surface area contributed by atoms with Gasteiger partial charge < -0.3 is 10.6 Å². The molecule has 2 unspecified atom stereocenters. The largest absolute Gasteiger partial charge is 0.347 e. The quantitative estimate of drug-likeness (QED) is 0.851. The topological polar surface area (TPSA) is 71.1 Å². The van der Waals surface area contributed by atoms with Crippen LogP contribution in [0.25, 0.3) is 0 Å². The van der Waals surface area contributed by atoms with Crippen molar-refractivity contribution in [2.45, 2.75) is 56.5 Å². The Morgan fingerprint density at radius 3 is 2.32 bits per heavy atom. The fraction of sp³-hybridized carbons (Fsp3) is 0.409. The molecule has 2 bridgehead atoms. The molecule has 0 aliphatic heterocycles. The number of benzene rings is 1. The number of carbonyl (C=O) groups is 2. The summed E-state index contributed by atoms with van der Waals surface area (Å²) in [5.41, 5.74) is 0.869. The molecule has 2 saturated carbocycles. The molecule has 5 nitrogen and oxygen atoms in total. The number of carbonyl (C=O) groups excluding carboxylic acids is 2. The van der Waals surface area contributed by atoms with Crippen molar-refractivity contribution in [3.63, 3.8) is 0 Å². The Morgan fingerprint density at radius 1 is 0.964 bits per heavy atom. The van der Waals surface area contributed by atoms with Gasteiger partial charge in [-0.05, 0) is 75.8 Å². The van der Waals surface area contributed by atoms with Crippen LogP contribution in [0.4, 0.5) is 4.39 Å². The summed E-state index contributed by atoms with van der Waals surface area (Å²) in [4.78, 5) is 29.7. The van der Waals surface area contributed by atoms with Gasteiger partial charge in [0, 0.05) is 22.3 Å². The van der Waals surface area contributed by atoms with Crippen LogP contribution in [0.3, 0.4) is 0 Å². The van der Waals surface area contributed by atoms with E-state index in [0.29, 0.717) is 17.7 Å². The Hall–Kier alpha value is -2.76. The number of hydrogen-bond acceptors (Lipinski definition) is 3. The highest BCUT2D eigenvalue weighted by Gasteiger charge is 2.52. The third kappa shape index (κ3) is 3.63. The zero-order valence-electron chi connectivity index (χ0n) is 15.9. The van der Waals surface area contributed by atoms with E-state index < -0.39 is 5.82 Å². The molecule has 2 aliphatic rings. The number of rotatable bonds is 4. The van der Waals surface area contributed by atoms with E-state index in [4.69, 9.17) is 0 Å². The Kier molecular flexibility index (Phi) is 4.65. The number of hydrogen-bond donors (Lipinski definition) is 2. The summed E-state index contributed by atoms with van der Waals surface area (Å²) < 4.78 is 13.5. The van der Waals surface area contributed by atoms with Gasteiger partial charge in [-0.1, -0.05) is 12.1 Å². The van der Waals surface area contributed by atoms with E-state index in [1.807, 2.05) is 19.1 Å². The minimum absolute atomic E-state index is 0.169. The summed E-state index contributed by atoms with van der Waals surface area (Å²) in [6, 6.07) is 11.1. The van der Waals surface area contributed by atoms with Crippen LogP contribution in [0.5, 0.6) is 0 Å². The zero-order valence-corrected chi connectivity index (χ0v) is 15.9. The van der Waals surface area contributed by atoms with Gasteiger partial charge in [-0.25, -0.2) is 9.37 Å². The van der Waals surface area contributed by atoms with E-state index in [1.54, 1.807) is 12.1 Å². The molecule has 2 N–H and O–H groups in total. The highest BCUT2D eigenvalue weighted by atomic mass is 19.1. The fourth-order valence-corrected chi connectivity index (χ4v) is 4.75. The number of aromatic nitrogens is 1.